The molecule has 4 nitrogen and oxygen atoms in total. The Morgan fingerprint density at radius 1 is 1.14 bits per heavy atom. The molecule has 0 aliphatic carbocycles. The summed E-state index contributed by atoms with van der Waals surface area (Å²) >= 11 is 0. The van der Waals surface area contributed by atoms with Crippen molar-refractivity contribution < 1.29 is 9.59 Å². The number of urea groups is 1. The van der Waals surface area contributed by atoms with Gasteiger partial charge < -0.3 is 5.32 Å². The highest BCUT2D eigenvalue weighted by Crippen LogP contribution is 2.23. The predicted octanol–water partition coefficient (Wildman–Crippen LogP) is 0.741. The van der Waals surface area contributed by atoms with E-state index in [1.165, 1.54) is 0 Å². The zero-order valence-electron chi connectivity index (χ0n) is 7.70. The summed E-state index contributed by atoms with van der Waals surface area (Å²) in [5.74, 6) is -0.311. The number of nitrogens with one attached hydrogen (secondary N) is 2. The molecule has 2 N–H and O–H groups in total. The van der Waals surface area contributed by atoms with Crippen LogP contribution in [0.25, 0.3) is 0 Å². The summed E-state index contributed by atoms with van der Waals surface area (Å²) in [5.41, 5.74) is -0.151. The van der Waals surface area contributed by atoms with Crippen LogP contribution in [0.3, 0.4) is 0 Å². The maximum absolute atomic E-state index is 11.5. The minimum absolute atomic E-state index is 0.311. The Hall–Kier alpha value is -1.84. The molecule has 3 amide bonds. The highest BCUT2D eigenvalue weighted by atomic mass is 16.2. The first-order valence-electron chi connectivity index (χ1n) is 4.32. The molecule has 1 aliphatic heterocycles. The summed E-state index contributed by atoms with van der Waals surface area (Å²) in [6.07, 6.45) is 0. The second kappa shape index (κ2) is 2.83. The fourth-order valence-corrected chi connectivity index (χ4v) is 1.52. The minimum Gasteiger partial charge on any atom is -0.320 e. The number of hydrogen-bond donors (Lipinski definition) is 2. The smallest absolute Gasteiger partial charge is 0.320 e. The van der Waals surface area contributed by atoms with E-state index in [1.54, 1.807) is 6.92 Å². The standard InChI is InChI=1S/C10H10N2O2/c1-10(7-5-3-2-4-6-7)8(13)11-9(14)12-10/h2-6H,1H3,(H2,11,12,13,14)/i8-1. The van der Waals surface area contributed by atoms with E-state index >= 15 is 0 Å². The van der Waals surface area contributed by atoms with Gasteiger partial charge >= 0.3 is 6.03 Å². The van der Waals surface area contributed by atoms with E-state index in [0.717, 1.165) is 5.56 Å². The first kappa shape index (κ1) is 8.74. The molecular formula is C10H10N2O2. The molecule has 1 atom stereocenters. The highest BCUT2D eigenvalue weighted by Gasteiger charge is 2.43. The molecule has 72 valence electrons. The van der Waals surface area contributed by atoms with Gasteiger partial charge in [0.05, 0.1) is 0 Å². The van der Waals surface area contributed by atoms with Crippen molar-refractivity contribution in [1.29, 1.82) is 0 Å². The third-order valence-electron chi connectivity index (χ3n) is 2.40. The van der Waals surface area contributed by atoms with E-state index in [1.807, 2.05) is 30.3 Å². The van der Waals surface area contributed by atoms with Crippen LogP contribution in [-0.2, 0) is 10.3 Å². The first-order valence-corrected chi connectivity index (χ1v) is 4.32. The van der Waals surface area contributed by atoms with Gasteiger partial charge in [0.1, 0.15) is 5.54 Å². The molecule has 0 aromatic heterocycles. The Kier molecular flexibility index (Phi) is 1.77. The van der Waals surface area contributed by atoms with Gasteiger partial charge in [0.15, 0.2) is 0 Å². The molecule has 0 radical (unpaired) electrons. The van der Waals surface area contributed by atoms with E-state index in [4.69, 9.17) is 0 Å². The lowest BCUT2D eigenvalue weighted by Crippen LogP contribution is -2.40. The third kappa shape index (κ3) is 1.16. The van der Waals surface area contributed by atoms with Crippen LogP contribution in [0.15, 0.2) is 30.3 Å². The molecule has 4 heteroatoms. The Morgan fingerprint density at radius 2 is 1.79 bits per heavy atom. The summed E-state index contributed by atoms with van der Waals surface area (Å²) in [4.78, 5) is 22.5. The van der Waals surface area contributed by atoms with Crippen molar-refractivity contribution in [2.45, 2.75) is 12.5 Å². The van der Waals surface area contributed by atoms with Gasteiger partial charge in [-0.3, -0.25) is 10.1 Å². The molecular weight excluding hydrogens is 179 g/mol. The number of amides is 3. The molecule has 1 aromatic carbocycles. The van der Waals surface area contributed by atoms with E-state index in [0.29, 0.717) is 0 Å². The molecule has 1 saturated heterocycles. The largest absolute Gasteiger partial charge is 0.322 e. The van der Waals surface area contributed by atoms with Crippen molar-refractivity contribution in [3.05, 3.63) is 35.9 Å². The SMILES string of the molecule is CC1(c2ccccc2)NC(=O)N[11C]1=O. The van der Waals surface area contributed by atoms with Crippen LogP contribution in [0.1, 0.15) is 12.5 Å². The monoisotopic (exact) mass is 189 g/mol. The summed E-state index contributed by atoms with van der Waals surface area (Å²) in [5, 5.41) is 4.81. The van der Waals surface area contributed by atoms with Crippen LogP contribution in [0.2, 0.25) is 0 Å². The van der Waals surface area contributed by atoms with Crippen LogP contribution < -0.4 is 10.6 Å². The Morgan fingerprint density at radius 3 is 2.29 bits per heavy atom. The van der Waals surface area contributed by atoms with Crippen LogP contribution in [0.5, 0.6) is 0 Å². The average Bonchev–Trinajstić information content (AvgIpc) is 2.43. The Balaban J connectivity index is 2.43. The normalized spacial score (nSPS) is 25.8. The molecule has 1 heterocycles. The molecule has 2 rings (SSSR count). The second-order valence-corrected chi connectivity index (χ2v) is 3.40. The lowest BCUT2D eigenvalue weighted by Gasteiger charge is -2.20. The first-order chi connectivity index (χ1) is 6.63. The summed E-state index contributed by atoms with van der Waals surface area (Å²) < 4.78 is 0. The van der Waals surface area contributed by atoms with Gasteiger partial charge in [0.25, 0.3) is 5.91 Å². The predicted molar refractivity (Wildman–Crippen MR) is 50.5 cm³/mol. The lowest BCUT2D eigenvalue weighted by molar-refractivity contribution is -0.123. The molecule has 0 saturated carbocycles. The number of hydrogen-bond acceptors (Lipinski definition) is 2. The molecule has 0 bridgehead atoms. The molecule has 14 heavy (non-hydrogen) atoms. The van der Waals surface area contributed by atoms with Crippen molar-refractivity contribution in [3.63, 3.8) is 0 Å². The molecule has 1 fully saturated rings. The summed E-state index contributed by atoms with van der Waals surface area (Å²) in [6.45, 7) is 1.68. The quantitative estimate of drug-likeness (QED) is 0.640. The maximum atomic E-state index is 11.5. The van der Waals surface area contributed by atoms with E-state index in [2.05, 4.69) is 10.6 Å². The maximum Gasteiger partial charge on any atom is 0.322 e. The van der Waals surface area contributed by atoms with Crippen LogP contribution in [0, 0.1) is 0 Å². The van der Waals surface area contributed by atoms with Gasteiger partial charge in [0, 0.05) is 0 Å². The van der Waals surface area contributed by atoms with Crippen molar-refractivity contribution in [1.82, 2.24) is 10.6 Å². The van der Waals surface area contributed by atoms with E-state index in [9.17, 15) is 9.59 Å². The Bertz CT molecular complexity index is 388. The van der Waals surface area contributed by atoms with Gasteiger partial charge in [-0.05, 0) is 12.5 Å². The van der Waals surface area contributed by atoms with Crippen molar-refractivity contribution in [3.8, 4) is 0 Å². The summed E-state index contributed by atoms with van der Waals surface area (Å²) in [6, 6.07) is 8.70. The number of carbonyl (C=O) groups is 2. The zero-order valence-corrected chi connectivity index (χ0v) is 7.70. The molecule has 1 unspecified atom stereocenters. The molecule has 0 spiro atoms. The van der Waals surface area contributed by atoms with Gasteiger partial charge in [-0.25, -0.2) is 4.79 Å². The molecule has 1 aliphatic rings. The van der Waals surface area contributed by atoms with E-state index < -0.39 is 11.6 Å². The minimum atomic E-state index is -0.932. The fourth-order valence-electron chi connectivity index (χ4n) is 1.52. The second-order valence-electron chi connectivity index (χ2n) is 3.40. The number of benzene rings is 1. The van der Waals surface area contributed by atoms with Crippen LogP contribution in [-0.4, -0.2) is 11.9 Å². The van der Waals surface area contributed by atoms with Gasteiger partial charge in [-0.15, -0.1) is 0 Å². The number of carbonyl (C=O) groups excluding carboxylic acids is 2. The topological polar surface area (TPSA) is 58.2 Å². The summed E-state index contributed by atoms with van der Waals surface area (Å²) in [7, 11) is 0. The van der Waals surface area contributed by atoms with Crippen molar-refractivity contribution in [2.75, 3.05) is 0 Å². The van der Waals surface area contributed by atoms with Gasteiger partial charge in [-0.2, -0.15) is 0 Å². The van der Waals surface area contributed by atoms with Crippen LogP contribution >= 0.6 is 0 Å². The van der Waals surface area contributed by atoms with Crippen LogP contribution in [0.4, 0.5) is 4.79 Å². The van der Waals surface area contributed by atoms with Gasteiger partial charge in [0.2, 0.25) is 0 Å². The molecule has 1 aromatic rings. The number of imide groups is 1. The fraction of sp³-hybridized carbons (Fsp3) is 0.200. The Labute approximate surface area is 81.3 Å². The van der Waals surface area contributed by atoms with Crippen molar-refractivity contribution in [2.24, 2.45) is 0 Å². The van der Waals surface area contributed by atoms with Gasteiger partial charge in [-0.1, -0.05) is 30.3 Å². The van der Waals surface area contributed by atoms with E-state index in [-0.39, 0.29) is 5.91 Å². The third-order valence-corrected chi connectivity index (χ3v) is 2.40. The highest BCUT2D eigenvalue weighted by molar-refractivity contribution is 6.07. The average molecular weight is 189 g/mol. The number of rotatable bonds is 1. The van der Waals surface area contributed by atoms with Crippen molar-refractivity contribution >= 4 is 11.9 Å². The lowest BCUT2D eigenvalue weighted by atomic mass is 9.71. The zero-order chi connectivity index (χ0) is 10.2.